The van der Waals surface area contributed by atoms with Crippen LogP contribution in [0.3, 0.4) is 0 Å². The largest absolute Gasteiger partial charge is 0.335 e. The maximum absolute atomic E-state index is 11.8. The van der Waals surface area contributed by atoms with E-state index in [1.807, 2.05) is 31.2 Å². The molecule has 0 aliphatic rings. The van der Waals surface area contributed by atoms with Gasteiger partial charge in [-0.2, -0.15) is 0 Å². The lowest BCUT2D eigenvalue weighted by atomic mass is 10.1. The summed E-state index contributed by atoms with van der Waals surface area (Å²) in [5.74, 6) is 0. The Kier molecular flexibility index (Phi) is 7.73. The number of rotatable bonds is 8. The molecule has 0 bridgehead atoms. The summed E-state index contributed by atoms with van der Waals surface area (Å²) in [7, 11) is 0. The molecule has 0 spiro atoms. The number of benzene rings is 1. The standard InChI is InChI=1S/C16H27N3O/c1-3-4-5-6-7-13(2)18-16(20)19-15-10-8-14(12-17)9-11-15/h8-11,13H,3-7,12,17H2,1-2H3,(H2,18,19,20). The molecule has 4 N–H and O–H groups in total. The zero-order valence-corrected chi connectivity index (χ0v) is 12.6. The van der Waals surface area contributed by atoms with E-state index in [2.05, 4.69) is 17.6 Å². The number of amides is 2. The first-order valence-electron chi connectivity index (χ1n) is 7.52. The fourth-order valence-electron chi connectivity index (χ4n) is 2.06. The molecule has 0 saturated carbocycles. The number of anilines is 1. The third-order valence-corrected chi connectivity index (χ3v) is 3.32. The number of nitrogens with one attached hydrogen (secondary N) is 2. The number of carbonyl (C=O) groups is 1. The highest BCUT2D eigenvalue weighted by Crippen LogP contribution is 2.09. The van der Waals surface area contributed by atoms with E-state index in [4.69, 9.17) is 5.73 Å². The highest BCUT2D eigenvalue weighted by atomic mass is 16.2. The lowest BCUT2D eigenvalue weighted by Crippen LogP contribution is -2.36. The van der Waals surface area contributed by atoms with Gasteiger partial charge >= 0.3 is 6.03 Å². The van der Waals surface area contributed by atoms with Crippen molar-refractivity contribution >= 4 is 11.7 Å². The van der Waals surface area contributed by atoms with E-state index in [1.165, 1.54) is 25.7 Å². The lowest BCUT2D eigenvalue weighted by Gasteiger charge is -2.14. The van der Waals surface area contributed by atoms with Crippen molar-refractivity contribution in [2.75, 3.05) is 5.32 Å². The van der Waals surface area contributed by atoms with Crippen molar-refractivity contribution < 1.29 is 4.79 Å². The Balaban J connectivity index is 2.27. The van der Waals surface area contributed by atoms with Crippen molar-refractivity contribution in [2.45, 2.75) is 58.5 Å². The van der Waals surface area contributed by atoms with Gasteiger partial charge in [0.15, 0.2) is 0 Å². The number of nitrogens with two attached hydrogens (primary N) is 1. The molecule has 0 aromatic heterocycles. The van der Waals surface area contributed by atoms with Gasteiger partial charge in [-0.3, -0.25) is 0 Å². The smallest absolute Gasteiger partial charge is 0.319 e. The molecule has 1 unspecified atom stereocenters. The number of hydrogen-bond donors (Lipinski definition) is 3. The van der Waals surface area contributed by atoms with Crippen LogP contribution in [0.15, 0.2) is 24.3 Å². The Morgan fingerprint density at radius 3 is 2.50 bits per heavy atom. The second kappa shape index (κ2) is 9.37. The van der Waals surface area contributed by atoms with Crippen LogP contribution in [0.4, 0.5) is 10.5 Å². The molecule has 0 heterocycles. The molecule has 0 aliphatic heterocycles. The van der Waals surface area contributed by atoms with Gasteiger partial charge in [-0.25, -0.2) is 4.79 Å². The number of carbonyl (C=O) groups excluding carboxylic acids is 1. The van der Waals surface area contributed by atoms with Gasteiger partial charge in [-0.05, 0) is 31.0 Å². The zero-order chi connectivity index (χ0) is 14.8. The third kappa shape index (κ3) is 6.57. The van der Waals surface area contributed by atoms with Crippen LogP contribution in [-0.4, -0.2) is 12.1 Å². The quantitative estimate of drug-likeness (QED) is 0.635. The number of urea groups is 1. The molecule has 4 nitrogen and oxygen atoms in total. The van der Waals surface area contributed by atoms with E-state index in [9.17, 15) is 4.79 Å². The first-order chi connectivity index (χ1) is 9.65. The molecule has 0 saturated heterocycles. The van der Waals surface area contributed by atoms with Crippen molar-refractivity contribution in [3.63, 3.8) is 0 Å². The first kappa shape index (κ1) is 16.5. The van der Waals surface area contributed by atoms with Crippen molar-refractivity contribution in [3.05, 3.63) is 29.8 Å². The van der Waals surface area contributed by atoms with Crippen LogP contribution in [-0.2, 0) is 6.54 Å². The van der Waals surface area contributed by atoms with Crippen LogP contribution in [0, 0.1) is 0 Å². The van der Waals surface area contributed by atoms with Gasteiger partial charge in [-0.15, -0.1) is 0 Å². The zero-order valence-electron chi connectivity index (χ0n) is 12.6. The molecule has 0 fully saturated rings. The van der Waals surface area contributed by atoms with E-state index in [0.29, 0.717) is 6.54 Å². The average molecular weight is 277 g/mol. The van der Waals surface area contributed by atoms with Gasteiger partial charge in [-0.1, -0.05) is 44.7 Å². The summed E-state index contributed by atoms with van der Waals surface area (Å²) >= 11 is 0. The fraction of sp³-hybridized carbons (Fsp3) is 0.562. The molecular formula is C16H27N3O. The van der Waals surface area contributed by atoms with Crippen molar-refractivity contribution in [2.24, 2.45) is 5.73 Å². The second-order valence-corrected chi connectivity index (χ2v) is 5.25. The van der Waals surface area contributed by atoms with Gasteiger partial charge in [0.25, 0.3) is 0 Å². The minimum Gasteiger partial charge on any atom is -0.335 e. The number of hydrogen-bond acceptors (Lipinski definition) is 2. The van der Waals surface area contributed by atoms with E-state index in [0.717, 1.165) is 17.7 Å². The minimum absolute atomic E-state index is 0.145. The first-order valence-corrected chi connectivity index (χ1v) is 7.52. The normalized spacial score (nSPS) is 11.9. The van der Waals surface area contributed by atoms with Crippen LogP contribution < -0.4 is 16.4 Å². The average Bonchev–Trinajstić information content (AvgIpc) is 2.44. The van der Waals surface area contributed by atoms with E-state index < -0.39 is 0 Å². The fourth-order valence-corrected chi connectivity index (χ4v) is 2.06. The molecule has 1 aromatic carbocycles. The van der Waals surface area contributed by atoms with Crippen molar-refractivity contribution in [1.29, 1.82) is 0 Å². The summed E-state index contributed by atoms with van der Waals surface area (Å²) in [4.78, 5) is 11.8. The molecule has 0 radical (unpaired) electrons. The van der Waals surface area contributed by atoms with Crippen LogP contribution in [0.5, 0.6) is 0 Å². The highest BCUT2D eigenvalue weighted by Gasteiger charge is 2.07. The van der Waals surface area contributed by atoms with Gasteiger partial charge in [0.1, 0.15) is 0 Å². The summed E-state index contributed by atoms with van der Waals surface area (Å²) in [6, 6.07) is 7.64. The molecule has 20 heavy (non-hydrogen) atoms. The molecule has 112 valence electrons. The number of unbranched alkanes of at least 4 members (excludes halogenated alkanes) is 3. The topological polar surface area (TPSA) is 67.2 Å². The van der Waals surface area contributed by atoms with Crippen LogP contribution >= 0.6 is 0 Å². The molecule has 2 amide bonds. The van der Waals surface area contributed by atoms with Gasteiger partial charge in [0.05, 0.1) is 0 Å². The van der Waals surface area contributed by atoms with Crippen molar-refractivity contribution in [3.8, 4) is 0 Å². The molecule has 1 atom stereocenters. The Hall–Kier alpha value is -1.55. The SMILES string of the molecule is CCCCCCC(C)NC(=O)Nc1ccc(CN)cc1. The summed E-state index contributed by atoms with van der Waals surface area (Å²) in [6.45, 7) is 4.76. The van der Waals surface area contributed by atoms with E-state index in [-0.39, 0.29) is 12.1 Å². The minimum atomic E-state index is -0.145. The van der Waals surface area contributed by atoms with Crippen LogP contribution in [0.1, 0.15) is 51.5 Å². The van der Waals surface area contributed by atoms with Crippen LogP contribution in [0.25, 0.3) is 0 Å². The predicted octanol–water partition coefficient (Wildman–Crippen LogP) is 3.63. The van der Waals surface area contributed by atoms with Gasteiger partial charge in [0.2, 0.25) is 0 Å². The summed E-state index contributed by atoms with van der Waals surface area (Å²) < 4.78 is 0. The molecular weight excluding hydrogens is 250 g/mol. The van der Waals surface area contributed by atoms with Gasteiger partial charge < -0.3 is 16.4 Å². The molecule has 0 aliphatic carbocycles. The highest BCUT2D eigenvalue weighted by molar-refractivity contribution is 5.89. The molecule has 1 rings (SSSR count). The third-order valence-electron chi connectivity index (χ3n) is 3.32. The monoisotopic (exact) mass is 277 g/mol. The lowest BCUT2D eigenvalue weighted by molar-refractivity contribution is 0.248. The maximum atomic E-state index is 11.8. The Morgan fingerprint density at radius 1 is 1.20 bits per heavy atom. The Morgan fingerprint density at radius 2 is 1.90 bits per heavy atom. The van der Waals surface area contributed by atoms with E-state index in [1.54, 1.807) is 0 Å². The van der Waals surface area contributed by atoms with Crippen LogP contribution in [0.2, 0.25) is 0 Å². The summed E-state index contributed by atoms with van der Waals surface area (Å²) in [6.07, 6.45) is 5.94. The van der Waals surface area contributed by atoms with Gasteiger partial charge in [0, 0.05) is 18.3 Å². The summed E-state index contributed by atoms with van der Waals surface area (Å²) in [5, 5.41) is 5.79. The predicted molar refractivity (Wildman–Crippen MR) is 84.7 cm³/mol. The van der Waals surface area contributed by atoms with Crippen molar-refractivity contribution in [1.82, 2.24) is 5.32 Å². The molecule has 4 heteroatoms. The second-order valence-electron chi connectivity index (χ2n) is 5.25. The maximum Gasteiger partial charge on any atom is 0.319 e. The van der Waals surface area contributed by atoms with E-state index >= 15 is 0 Å². The molecule has 1 aromatic rings. The Bertz CT molecular complexity index is 389. The summed E-state index contributed by atoms with van der Waals surface area (Å²) in [5.41, 5.74) is 7.38. The Labute approximate surface area is 122 Å².